The molecule has 6 rings (SSSR count). The Kier molecular flexibility index (Phi) is 8.95. The number of sulfonamides is 1. The van der Waals surface area contributed by atoms with Crippen LogP contribution < -0.4 is 4.74 Å². The normalized spacial score (nSPS) is 18.5. The number of rotatable bonds is 6. The van der Waals surface area contributed by atoms with Gasteiger partial charge in [-0.05, 0) is 73.7 Å². The van der Waals surface area contributed by atoms with E-state index in [2.05, 4.69) is 15.2 Å². The molecule has 11 nitrogen and oxygen atoms in total. The van der Waals surface area contributed by atoms with Crippen LogP contribution >= 0.6 is 11.6 Å². The minimum Gasteiger partial charge on any atom is -0.469 e. The number of alkyl halides is 3. The number of ether oxygens (including phenoxy) is 3. The van der Waals surface area contributed by atoms with E-state index in [1.807, 2.05) is 25.1 Å². The third-order valence-corrected chi connectivity index (χ3v) is 11.5. The van der Waals surface area contributed by atoms with E-state index in [4.69, 9.17) is 25.8 Å². The summed E-state index contributed by atoms with van der Waals surface area (Å²) in [7, 11) is -2.87. The Bertz CT molecular complexity index is 2050. The second kappa shape index (κ2) is 12.5. The monoisotopic (exact) mass is 721 g/mol. The van der Waals surface area contributed by atoms with E-state index in [1.165, 1.54) is 35.8 Å². The SMILES string of the molecule is COC(=O)C(C)(C)C(c1ccc(C)c(CN2CC3(CCOCC3)Oc3nc(Cl)ccc3S2(=O)=O)c1)c1ccn2c(C(F)(F)F)nnc2c1C. The molecule has 1 fully saturated rings. The maximum atomic E-state index is 14.2. The highest BCUT2D eigenvalue weighted by Gasteiger charge is 2.46. The third kappa shape index (κ3) is 6.26. The lowest BCUT2D eigenvalue weighted by molar-refractivity contribution is -0.151. The summed E-state index contributed by atoms with van der Waals surface area (Å²) in [6.07, 6.45) is -2.62. The molecule has 3 aromatic heterocycles. The summed E-state index contributed by atoms with van der Waals surface area (Å²) < 4.78 is 88.8. The number of esters is 1. The second-order valence-corrected chi connectivity index (χ2v) is 15.3. The highest BCUT2D eigenvalue weighted by molar-refractivity contribution is 7.89. The Balaban J connectivity index is 1.47. The molecule has 1 spiro atoms. The van der Waals surface area contributed by atoms with Crippen LogP contribution in [0.15, 0.2) is 47.5 Å². The van der Waals surface area contributed by atoms with Crippen molar-refractivity contribution in [2.75, 3.05) is 26.9 Å². The van der Waals surface area contributed by atoms with Gasteiger partial charge < -0.3 is 14.2 Å². The summed E-state index contributed by atoms with van der Waals surface area (Å²) in [5.74, 6) is -2.51. The molecule has 2 aliphatic rings. The minimum atomic E-state index is -4.73. The van der Waals surface area contributed by atoms with Gasteiger partial charge in [0, 0.05) is 31.5 Å². The van der Waals surface area contributed by atoms with Crippen molar-refractivity contribution >= 4 is 33.2 Å². The smallest absolute Gasteiger partial charge is 0.452 e. The van der Waals surface area contributed by atoms with Gasteiger partial charge >= 0.3 is 12.1 Å². The van der Waals surface area contributed by atoms with Gasteiger partial charge in [-0.25, -0.2) is 13.4 Å². The van der Waals surface area contributed by atoms with Crippen molar-refractivity contribution < 1.29 is 40.6 Å². The van der Waals surface area contributed by atoms with Gasteiger partial charge in [0.25, 0.3) is 0 Å². The van der Waals surface area contributed by atoms with E-state index in [1.54, 1.807) is 20.8 Å². The first-order valence-electron chi connectivity index (χ1n) is 15.5. The highest BCUT2D eigenvalue weighted by atomic mass is 35.5. The van der Waals surface area contributed by atoms with Crippen LogP contribution in [0.25, 0.3) is 5.65 Å². The van der Waals surface area contributed by atoms with Crippen LogP contribution in [0.3, 0.4) is 0 Å². The summed E-state index contributed by atoms with van der Waals surface area (Å²) in [5.41, 5.74) is 0.849. The Morgan fingerprint density at radius 2 is 1.82 bits per heavy atom. The summed E-state index contributed by atoms with van der Waals surface area (Å²) in [6, 6.07) is 9.80. The zero-order chi connectivity index (χ0) is 35.5. The van der Waals surface area contributed by atoms with E-state index in [-0.39, 0.29) is 34.7 Å². The molecule has 5 heterocycles. The number of nitrogens with zero attached hydrogens (tertiary/aromatic N) is 5. The molecular weight excluding hydrogens is 687 g/mol. The first-order chi connectivity index (χ1) is 23.0. The van der Waals surface area contributed by atoms with Gasteiger partial charge in [-0.3, -0.25) is 9.20 Å². The van der Waals surface area contributed by atoms with Crippen molar-refractivity contribution in [1.82, 2.24) is 23.9 Å². The molecule has 1 saturated heterocycles. The molecule has 1 aromatic carbocycles. The number of fused-ring (bicyclic) bond motifs is 2. The molecule has 4 aromatic rings. The van der Waals surface area contributed by atoms with Crippen molar-refractivity contribution in [1.29, 1.82) is 0 Å². The number of methoxy groups -OCH3 is 1. The molecule has 0 amide bonds. The van der Waals surface area contributed by atoms with Crippen LogP contribution in [-0.4, -0.2) is 70.7 Å². The van der Waals surface area contributed by atoms with Gasteiger partial charge in [0.1, 0.15) is 15.6 Å². The lowest BCUT2D eigenvalue weighted by Crippen LogP contribution is -2.50. The Labute approximate surface area is 286 Å². The Morgan fingerprint density at radius 1 is 1.10 bits per heavy atom. The van der Waals surface area contributed by atoms with Crippen molar-refractivity contribution in [3.63, 3.8) is 0 Å². The molecule has 0 saturated carbocycles. The number of pyridine rings is 2. The fourth-order valence-corrected chi connectivity index (χ4v) is 8.48. The predicted molar refractivity (Wildman–Crippen MR) is 172 cm³/mol. The first kappa shape index (κ1) is 35.1. The average molecular weight is 722 g/mol. The van der Waals surface area contributed by atoms with Crippen LogP contribution in [-0.2, 0) is 37.0 Å². The van der Waals surface area contributed by atoms with E-state index < -0.39 is 44.9 Å². The summed E-state index contributed by atoms with van der Waals surface area (Å²) >= 11 is 6.15. The molecule has 2 aliphatic heterocycles. The van der Waals surface area contributed by atoms with Crippen LogP contribution in [0.4, 0.5) is 13.2 Å². The van der Waals surface area contributed by atoms with Gasteiger partial charge in [0.05, 0.1) is 32.3 Å². The van der Waals surface area contributed by atoms with Crippen molar-refractivity contribution in [3.8, 4) is 5.88 Å². The van der Waals surface area contributed by atoms with Gasteiger partial charge in [-0.1, -0.05) is 29.8 Å². The Hall–Kier alpha value is -3.79. The topological polar surface area (TPSA) is 125 Å². The zero-order valence-corrected chi connectivity index (χ0v) is 29.0. The molecule has 0 bridgehead atoms. The number of carbonyl (C=O) groups is 1. The highest BCUT2D eigenvalue weighted by Crippen LogP contribution is 2.45. The van der Waals surface area contributed by atoms with E-state index in [0.717, 1.165) is 9.96 Å². The summed E-state index contributed by atoms with van der Waals surface area (Å²) in [5, 5.41) is 7.32. The predicted octanol–water partition coefficient (Wildman–Crippen LogP) is 5.88. The molecule has 0 N–H and O–H groups in total. The molecule has 16 heteroatoms. The molecule has 1 atom stereocenters. The van der Waals surface area contributed by atoms with Crippen molar-refractivity contribution in [2.24, 2.45) is 5.41 Å². The van der Waals surface area contributed by atoms with E-state index in [9.17, 15) is 26.4 Å². The van der Waals surface area contributed by atoms with Crippen LogP contribution in [0.2, 0.25) is 5.15 Å². The van der Waals surface area contributed by atoms with Gasteiger partial charge in [0.2, 0.25) is 21.7 Å². The molecule has 0 aliphatic carbocycles. The minimum absolute atomic E-state index is 0.00683. The van der Waals surface area contributed by atoms with E-state index >= 15 is 0 Å². The third-order valence-electron chi connectivity index (χ3n) is 9.51. The summed E-state index contributed by atoms with van der Waals surface area (Å²) in [4.78, 5) is 17.4. The molecule has 0 radical (unpaired) electrons. The number of hydrogen-bond acceptors (Lipinski definition) is 9. The molecular formula is C33H35ClF3N5O6S. The Morgan fingerprint density at radius 3 is 2.49 bits per heavy atom. The lowest BCUT2D eigenvalue weighted by atomic mass is 9.70. The maximum Gasteiger partial charge on any atom is 0.452 e. The van der Waals surface area contributed by atoms with Crippen LogP contribution in [0, 0.1) is 19.3 Å². The van der Waals surface area contributed by atoms with Crippen LogP contribution in [0.5, 0.6) is 5.88 Å². The molecule has 49 heavy (non-hydrogen) atoms. The van der Waals surface area contributed by atoms with Gasteiger partial charge in [-0.15, -0.1) is 10.2 Å². The van der Waals surface area contributed by atoms with E-state index in [0.29, 0.717) is 48.3 Å². The first-order valence-corrected chi connectivity index (χ1v) is 17.3. The summed E-state index contributed by atoms with van der Waals surface area (Å²) in [6.45, 7) is 7.61. The van der Waals surface area contributed by atoms with Crippen LogP contribution in [0.1, 0.15) is 66.2 Å². The quantitative estimate of drug-likeness (QED) is 0.177. The number of aromatic nitrogens is 4. The number of hydrogen-bond donors (Lipinski definition) is 0. The fraction of sp³-hybridized carbons (Fsp3) is 0.455. The number of benzene rings is 1. The largest absolute Gasteiger partial charge is 0.469 e. The number of aryl methyl sites for hydroxylation is 2. The van der Waals surface area contributed by atoms with Gasteiger partial charge in [0.15, 0.2) is 5.65 Å². The number of carbonyl (C=O) groups excluding carboxylic acids is 1. The lowest BCUT2D eigenvalue weighted by Gasteiger charge is -2.38. The standard InChI is InChI=1S/C33H35ClF3N5O6S/c1-19-6-7-21(26(31(3,4)30(43)46-5)23-10-13-42-27(20(23)2)39-40-29(42)33(35,36)37)16-22(19)17-41-18-32(11-14-47-15-12-32)48-28-24(49(41,44)45)8-9-25(34)38-28/h6-10,13,16,26H,11-12,14-15,17-18H2,1-5H3. The fourth-order valence-electron chi connectivity index (χ4n) is 6.80. The molecule has 1 unspecified atom stereocenters. The number of halogens is 4. The van der Waals surface area contributed by atoms with Gasteiger partial charge in [-0.2, -0.15) is 17.5 Å². The zero-order valence-electron chi connectivity index (χ0n) is 27.5. The van der Waals surface area contributed by atoms with Crippen molar-refractivity contribution in [2.45, 2.75) is 69.7 Å². The molecule has 262 valence electrons. The maximum absolute atomic E-state index is 14.2. The average Bonchev–Trinajstić information content (AvgIpc) is 3.46. The van der Waals surface area contributed by atoms with Crippen molar-refractivity contribution in [3.05, 3.63) is 81.4 Å². The second-order valence-electron chi connectivity index (χ2n) is 13.1.